The Bertz CT molecular complexity index is 144. The first kappa shape index (κ1) is 10.4. The molecule has 0 spiro atoms. The first-order valence-corrected chi connectivity index (χ1v) is 3.33. The minimum absolute atomic E-state index is 0. The Hall–Kier alpha value is -0.612. The Kier molecular flexibility index (Phi) is 7.08. The van der Waals surface area contributed by atoms with Crippen LogP contribution in [0.1, 0.15) is 0 Å². The van der Waals surface area contributed by atoms with Crippen molar-refractivity contribution in [2.45, 2.75) is 0 Å². The molecule has 0 heterocycles. The van der Waals surface area contributed by atoms with Crippen LogP contribution >= 0.6 is 0 Å². The molecular formula is C10H10W. The summed E-state index contributed by atoms with van der Waals surface area (Å²) in [5, 5.41) is 0. The van der Waals surface area contributed by atoms with Crippen LogP contribution in [0.15, 0.2) is 60.7 Å². The normalized spacial score (nSPS) is 7.27. The molecule has 0 saturated heterocycles. The minimum Gasteiger partial charge on any atom is -0.214 e. The molecule has 2 rings (SSSR count). The zero-order chi connectivity index (χ0) is 7.07. The second-order valence-corrected chi connectivity index (χ2v) is 1.92. The van der Waals surface area contributed by atoms with E-state index in [0.29, 0.717) is 0 Å². The van der Waals surface area contributed by atoms with Crippen LogP contribution < -0.4 is 0 Å². The summed E-state index contributed by atoms with van der Waals surface area (Å²) < 4.78 is 0. The van der Waals surface area contributed by atoms with Gasteiger partial charge in [0.05, 0.1) is 0 Å². The van der Waals surface area contributed by atoms with Crippen molar-refractivity contribution in [3.63, 3.8) is 0 Å². The van der Waals surface area contributed by atoms with Crippen LogP contribution in [0.4, 0.5) is 0 Å². The van der Waals surface area contributed by atoms with Gasteiger partial charge in [0.1, 0.15) is 0 Å². The van der Waals surface area contributed by atoms with E-state index in [1.54, 1.807) is 0 Å². The third-order valence-electron chi connectivity index (χ3n) is 1.11. The van der Waals surface area contributed by atoms with E-state index in [1.807, 2.05) is 60.7 Å². The monoisotopic (exact) mass is 314 g/mol. The average Bonchev–Trinajstić information content (AvgIpc) is 2.67. The molecular weight excluding hydrogens is 304 g/mol. The largest absolute Gasteiger partial charge is 2.00 e. The zero-order valence-corrected chi connectivity index (χ0v) is 9.12. The molecule has 2 aromatic rings. The van der Waals surface area contributed by atoms with Crippen molar-refractivity contribution in [1.29, 1.82) is 0 Å². The summed E-state index contributed by atoms with van der Waals surface area (Å²) in [5.41, 5.74) is 0. The Morgan fingerprint density at radius 2 is 0.818 bits per heavy atom. The van der Waals surface area contributed by atoms with Crippen molar-refractivity contribution >= 4 is 0 Å². The molecule has 0 nitrogen and oxygen atoms in total. The van der Waals surface area contributed by atoms with Crippen LogP contribution in [0.25, 0.3) is 0 Å². The van der Waals surface area contributed by atoms with Crippen molar-refractivity contribution in [1.82, 2.24) is 0 Å². The molecule has 0 aliphatic carbocycles. The molecule has 0 fully saturated rings. The molecule has 11 heavy (non-hydrogen) atoms. The van der Waals surface area contributed by atoms with Crippen LogP contribution in [-0.2, 0) is 21.1 Å². The summed E-state index contributed by atoms with van der Waals surface area (Å²) in [6.45, 7) is 0. The molecule has 0 radical (unpaired) electrons. The molecule has 0 atom stereocenters. The van der Waals surface area contributed by atoms with Gasteiger partial charge in [0.15, 0.2) is 0 Å². The molecule has 0 bridgehead atoms. The van der Waals surface area contributed by atoms with E-state index in [4.69, 9.17) is 0 Å². The minimum atomic E-state index is 0. The van der Waals surface area contributed by atoms with Crippen molar-refractivity contribution in [3.8, 4) is 0 Å². The quantitative estimate of drug-likeness (QED) is 0.656. The predicted molar refractivity (Wildman–Crippen MR) is 44.1 cm³/mol. The van der Waals surface area contributed by atoms with Crippen LogP contribution in [-0.4, -0.2) is 0 Å². The van der Waals surface area contributed by atoms with Gasteiger partial charge < -0.3 is 0 Å². The van der Waals surface area contributed by atoms with E-state index in [9.17, 15) is 0 Å². The van der Waals surface area contributed by atoms with Gasteiger partial charge in [-0.15, -0.1) is 0 Å². The molecule has 0 N–H and O–H groups in total. The maximum atomic E-state index is 2.00. The van der Waals surface area contributed by atoms with Crippen LogP contribution in [0.5, 0.6) is 0 Å². The number of hydrogen-bond donors (Lipinski definition) is 0. The van der Waals surface area contributed by atoms with E-state index in [2.05, 4.69) is 0 Å². The summed E-state index contributed by atoms with van der Waals surface area (Å²) in [6, 6.07) is 20.0. The summed E-state index contributed by atoms with van der Waals surface area (Å²) in [4.78, 5) is 0. The molecule has 0 aliphatic rings. The van der Waals surface area contributed by atoms with Gasteiger partial charge in [-0.2, -0.15) is 36.4 Å². The predicted octanol–water partition coefficient (Wildman–Crippen LogP) is 2.81. The van der Waals surface area contributed by atoms with Crippen molar-refractivity contribution < 1.29 is 21.1 Å². The SMILES string of the molecule is [W+2].c1cc[cH-]c1.c1cc[cH-]c1. The van der Waals surface area contributed by atoms with E-state index in [-0.39, 0.29) is 21.1 Å². The van der Waals surface area contributed by atoms with Crippen LogP contribution in [0, 0.1) is 0 Å². The maximum absolute atomic E-state index is 2.00. The number of rotatable bonds is 0. The summed E-state index contributed by atoms with van der Waals surface area (Å²) in [6.07, 6.45) is 0. The summed E-state index contributed by atoms with van der Waals surface area (Å²) in [7, 11) is 0. The molecule has 0 saturated carbocycles. The molecule has 0 aromatic heterocycles. The molecule has 0 aliphatic heterocycles. The zero-order valence-electron chi connectivity index (χ0n) is 6.18. The molecule has 0 amide bonds. The first-order valence-electron chi connectivity index (χ1n) is 3.33. The second-order valence-electron chi connectivity index (χ2n) is 1.92. The van der Waals surface area contributed by atoms with E-state index < -0.39 is 0 Å². The van der Waals surface area contributed by atoms with Crippen molar-refractivity contribution in [3.05, 3.63) is 60.7 Å². The van der Waals surface area contributed by atoms with E-state index in [1.165, 1.54) is 0 Å². The third kappa shape index (κ3) is 5.81. The Morgan fingerprint density at radius 1 is 0.545 bits per heavy atom. The first-order chi connectivity index (χ1) is 5.00. The summed E-state index contributed by atoms with van der Waals surface area (Å²) >= 11 is 0. The standard InChI is InChI=1S/2C5H5.W/c2*1-2-4-5-3-1;/h2*1-5H;/q2*-1;+2. The van der Waals surface area contributed by atoms with E-state index in [0.717, 1.165) is 0 Å². The van der Waals surface area contributed by atoms with E-state index >= 15 is 0 Å². The van der Waals surface area contributed by atoms with Gasteiger partial charge in [-0.05, 0) is 0 Å². The summed E-state index contributed by atoms with van der Waals surface area (Å²) in [5.74, 6) is 0. The fourth-order valence-corrected chi connectivity index (χ4v) is 0.642. The van der Waals surface area contributed by atoms with Gasteiger partial charge in [0, 0.05) is 0 Å². The van der Waals surface area contributed by atoms with Crippen LogP contribution in [0.2, 0.25) is 0 Å². The molecule has 2 aromatic carbocycles. The van der Waals surface area contributed by atoms with Gasteiger partial charge in [-0.1, -0.05) is 0 Å². The fraction of sp³-hybridized carbons (Fsp3) is 0. The van der Waals surface area contributed by atoms with Gasteiger partial charge in [0.25, 0.3) is 0 Å². The Balaban J connectivity index is 0.000000167. The van der Waals surface area contributed by atoms with Gasteiger partial charge in [-0.25, -0.2) is 24.3 Å². The third-order valence-corrected chi connectivity index (χ3v) is 1.11. The van der Waals surface area contributed by atoms with Gasteiger partial charge >= 0.3 is 21.1 Å². The fourth-order valence-electron chi connectivity index (χ4n) is 0.642. The smallest absolute Gasteiger partial charge is 0.214 e. The topological polar surface area (TPSA) is 0 Å². The molecule has 1 heteroatoms. The Morgan fingerprint density at radius 3 is 0.909 bits per heavy atom. The van der Waals surface area contributed by atoms with Crippen molar-refractivity contribution in [2.24, 2.45) is 0 Å². The Labute approximate surface area is 81.9 Å². The molecule has 56 valence electrons. The van der Waals surface area contributed by atoms with Gasteiger partial charge in [0.2, 0.25) is 0 Å². The molecule has 0 unspecified atom stereocenters. The van der Waals surface area contributed by atoms with Crippen LogP contribution in [0.3, 0.4) is 0 Å². The second kappa shape index (κ2) is 7.49. The van der Waals surface area contributed by atoms with Crippen molar-refractivity contribution in [2.75, 3.05) is 0 Å². The van der Waals surface area contributed by atoms with Gasteiger partial charge in [-0.3, -0.25) is 0 Å². The number of hydrogen-bond acceptors (Lipinski definition) is 0. The average molecular weight is 314 g/mol. The maximum Gasteiger partial charge on any atom is 2.00 e.